The molecule has 4 nitrogen and oxygen atoms in total. The van der Waals surface area contributed by atoms with E-state index in [2.05, 4.69) is 154 Å². The van der Waals surface area contributed by atoms with Crippen LogP contribution < -0.4 is 19.3 Å². The SMILES string of the molecule is COc1ccc(N(c2ccc(Br)cc2)c2ccc(-c3ccc(N(c4ccc(OC)cc4)c4cccc(C)c4)cc3)cc2)cc1. The molecule has 0 bridgehead atoms. The number of hydrogen-bond donors (Lipinski definition) is 0. The van der Waals surface area contributed by atoms with Crippen LogP contribution in [0.5, 0.6) is 11.5 Å². The maximum atomic E-state index is 5.40. The lowest BCUT2D eigenvalue weighted by Crippen LogP contribution is -2.10. The minimum Gasteiger partial charge on any atom is -0.497 e. The van der Waals surface area contributed by atoms with Crippen LogP contribution in [-0.4, -0.2) is 14.2 Å². The van der Waals surface area contributed by atoms with E-state index in [1.165, 1.54) is 5.56 Å². The highest BCUT2D eigenvalue weighted by molar-refractivity contribution is 9.10. The molecular formula is C39H33BrN2O2. The summed E-state index contributed by atoms with van der Waals surface area (Å²) in [5.41, 5.74) is 9.98. The van der Waals surface area contributed by atoms with E-state index in [4.69, 9.17) is 9.47 Å². The largest absolute Gasteiger partial charge is 0.497 e. The number of nitrogens with zero attached hydrogens (tertiary/aromatic N) is 2. The number of rotatable bonds is 9. The van der Waals surface area contributed by atoms with Crippen LogP contribution in [0.15, 0.2) is 150 Å². The highest BCUT2D eigenvalue weighted by Gasteiger charge is 2.15. The Balaban J connectivity index is 1.31. The van der Waals surface area contributed by atoms with Crippen molar-refractivity contribution in [1.82, 2.24) is 0 Å². The summed E-state index contributed by atoms with van der Waals surface area (Å²) in [7, 11) is 3.38. The number of anilines is 6. The van der Waals surface area contributed by atoms with Gasteiger partial charge in [-0.1, -0.05) is 52.3 Å². The quantitative estimate of drug-likeness (QED) is 0.157. The zero-order valence-corrected chi connectivity index (χ0v) is 26.5. The average Bonchev–Trinajstić information content (AvgIpc) is 3.07. The van der Waals surface area contributed by atoms with E-state index in [0.29, 0.717) is 0 Å². The van der Waals surface area contributed by atoms with Crippen LogP contribution in [0.2, 0.25) is 0 Å². The highest BCUT2D eigenvalue weighted by Crippen LogP contribution is 2.39. The molecule has 0 N–H and O–H groups in total. The molecule has 6 rings (SSSR count). The van der Waals surface area contributed by atoms with Gasteiger partial charge in [0.25, 0.3) is 0 Å². The summed E-state index contributed by atoms with van der Waals surface area (Å²) in [4.78, 5) is 4.51. The highest BCUT2D eigenvalue weighted by atomic mass is 79.9. The third kappa shape index (κ3) is 6.34. The summed E-state index contributed by atoms with van der Waals surface area (Å²) < 4.78 is 11.8. The molecule has 0 saturated heterocycles. The maximum Gasteiger partial charge on any atom is 0.119 e. The summed E-state index contributed by atoms with van der Waals surface area (Å²) in [6, 6.07) is 50.7. The Morgan fingerprint density at radius 2 is 0.795 bits per heavy atom. The third-order valence-corrected chi connectivity index (χ3v) is 8.12. The van der Waals surface area contributed by atoms with Gasteiger partial charge >= 0.3 is 0 Å². The van der Waals surface area contributed by atoms with E-state index >= 15 is 0 Å². The number of hydrogen-bond acceptors (Lipinski definition) is 4. The van der Waals surface area contributed by atoms with Crippen LogP contribution in [-0.2, 0) is 0 Å². The average molecular weight is 642 g/mol. The molecule has 0 saturated carbocycles. The Bertz CT molecular complexity index is 1820. The second-order valence-electron chi connectivity index (χ2n) is 10.5. The van der Waals surface area contributed by atoms with Crippen LogP contribution in [0.1, 0.15) is 5.56 Å². The van der Waals surface area contributed by atoms with Crippen molar-refractivity contribution in [2.45, 2.75) is 6.92 Å². The lowest BCUT2D eigenvalue weighted by Gasteiger charge is -2.26. The molecule has 218 valence electrons. The van der Waals surface area contributed by atoms with Crippen molar-refractivity contribution in [3.8, 4) is 22.6 Å². The van der Waals surface area contributed by atoms with E-state index in [9.17, 15) is 0 Å². The fraction of sp³-hybridized carbons (Fsp3) is 0.0769. The second-order valence-corrected chi connectivity index (χ2v) is 11.4. The Hall–Kier alpha value is -5.00. The number of halogens is 1. The fourth-order valence-electron chi connectivity index (χ4n) is 5.32. The molecule has 0 aliphatic carbocycles. The molecule has 0 aliphatic rings. The van der Waals surface area contributed by atoms with Crippen LogP contribution in [0, 0.1) is 6.92 Å². The first kappa shape index (κ1) is 29.1. The van der Waals surface area contributed by atoms with Crippen LogP contribution in [0.4, 0.5) is 34.1 Å². The lowest BCUT2D eigenvalue weighted by atomic mass is 10.0. The van der Waals surface area contributed by atoms with Gasteiger partial charge in [0.1, 0.15) is 11.5 Å². The molecule has 5 heteroatoms. The van der Waals surface area contributed by atoms with Gasteiger partial charge in [-0.2, -0.15) is 0 Å². The van der Waals surface area contributed by atoms with E-state index in [1.807, 2.05) is 24.3 Å². The maximum absolute atomic E-state index is 5.40. The van der Waals surface area contributed by atoms with Crippen LogP contribution in [0.3, 0.4) is 0 Å². The fourth-order valence-corrected chi connectivity index (χ4v) is 5.58. The van der Waals surface area contributed by atoms with E-state index in [1.54, 1.807) is 14.2 Å². The van der Waals surface area contributed by atoms with Crippen LogP contribution in [0.25, 0.3) is 11.1 Å². The van der Waals surface area contributed by atoms with Gasteiger partial charge in [0.05, 0.1) is 14.2 Å². The smallest absolute Gasteiger partial charge is 0.119 e. The van der Waals surface area contributed by atoms with Crippen molar-refractivity contribution >= 4 is 50.1 Å². The first-order valence-corrected chi connectivity index (χ1v) is 15.2. The van der Waals surface area contributed by atoms with Gasteiger partial charge in [0.15, 0.2) is 0 Å². The van der Waals surface area contributed by atoms with Gasteiger partial charge in [-0.25, -0.2) is 0 Å². The topological polar surface area (TPSA) is 24.9 Å². The van der Waals surface area contributed by atoms with Crippen molar-refractivity contribution in [2.24, 2.45) is 0 Å². The van der Waals surface area contributed by atoms with Crippen molar-refractivity contribution in [1.29, 1.82) is 0 Å². The normalized spacial score (nSPS) is 10.7. The molecule has 6 aromatic carbocycles. The molecule has 6 aromatic rings. The van der Waals surface area contributed by atoms with Gasteiger partial charge in [-0.3, -0.25) is 0 Å². The van der Waals surface area contributed by atoms with E-state index in [0.717, 1.165) is 61.2 Å². The summed E-state index contributed by atoms with van der Waals surface area (Å²) >= 11 is 3.57. The van der Waals surface area contributed by atoms with E-state index < -0.39 is 0 Å². The first-order valence-electron chi connectivity index (χ1n) is 14.4. The summed E-state index contributed by atoms with van der Waals surface area (Å²) in [5.74, 6) is 1.67. The van der Waals surface area contributed by atoms with E-state index in [-0.39, 0.29) is 0 Å². The van der Waals surface area contributed by atoms with Crippen molar-refractivity contribution in [3.63, 3.8) is 0 Å². The minimum absolute atomic E-state index is 0.830. The van der Waals surface area contributed by atoms with Crippen molar-refractivity contribution < 1.29 is 9.47 Å². The molecule has 0 amide bonds. The van der Waals surface area contributed by atoms with Crippen molar-refractivity contribution in [3.05, 3.63) is 156 Å². The Morgan fingerprint density at radius 3 is 1.18 bits per heavy atom. The molecule has 0 spiro atoms. The summed E-state index contributed by atoms with van der Waals surface area (Å²) in [6.45, 7) is 2.12. The molecule has 0 fully saturated rings. The number of aryl methyl sites for hydroxylation is 1. The summed E-state index contributed by atoms with van der Waals surface area (Å²) in [5, 5.41) is 0. The molecule has 0 aliphatic heterocycles. The van der Waals surface area contributed by atoms with Crippen LogP contribution >= 0.6 is 15.9 Å². The monoisotopic (exact) mass is 640 g/mol. The second kappa shape index (κ2) is 13.1. The molecule has 0 radical (unpaired) electrons. The molecule has 0 aromatic heterocycles. The molecule has 44 heavy (non-hydrogen) atoms. The third-order valence-electron chi connectivity index (χ3n) is 7.59. The minimum atomic E-state index is 0.830. The Labute approximate surface area is 267 Å². The predicted molar refractivity (Wildman–Crippen MR) is 187 cm³/mol. The summed E-state index contributed by atoms with van der Waals surface area (Å²) in [6.07, 6.45) is 0. The number of ether oxygens (including phenoxy) is 2. The molecule has 0 atom stereocenters. The van der Waals surface area contributed by atoms with Crippen molar-refractivity contribution in [2.75, 3.05) is 24.0 Å². The van der Waals surface area contributed by atoms with Gasteiger partial charge < -0.3 is 19.3 Å². The number of benzene rings is 6. The lowest BCUT2D eigenvalue weighted by molar-refractivity contribution is 0.414. The molecule has 0 unspecified atom stereocenters. The van der Waals surface area contributed by atoms with Gasteiger partial charge in [0.2, 0.25) is 0 Å². The standard InChI is InChI=1S/C39H33BrN2O2/c1-28-5-4-6-37(27-28)42(36-21-25-39(44-3)26-22-36)33-15-9-30(10-16-33)29-7-13-32(14-8-29)41(34-17-11-31(40)12-18-34)35-19-23-38(43-2)24-20-35/h4-27H,1-3H3. The van der Waals surface area contributed by atoms with Gasteiger partial charge in [-0.05, 0) is 133 Å². The molecular weight excluding hydrogens is 608 g/mol. The zero-order valence-electron chi connectivity index (χ0n) is 24.9. The Kier molecular flexibility index (Phi) is 8.67. The number of methoxy groups -OCH3 is 2. The van der Waals surface area contributed by atoms with Gasteiger partial charge in [0, 0.05) is 38.6 Å². The first-order chi connectivity index (χ1) is 21.5. The zero-order chi connectivity index (χ0) is 30.5. The molecule has 0 heterocycles. The van der Waals surface area contributed by atoms with Gasteiger partial charge in [-0.15, -0.1) is 0 Å². The Morgan fingerprint density at radius 1 is 0.432 bits per heavy atom. The predicted octanol–water partition coefficient (Wildman–Crippen LogP) is 11.4.